The molecule has 0 radical (unpaired) electrons. The van der Waals surface area contributed by atoms with Crippen LogP contribution in [0.4, 0.5) is 4.39 Å². The standard InChI is InChI=1S/C22H26FN5O6/c1-27(2)20(33)17(30)22(9-14(34-4)10-24-22)21-25-15(16(29)18(31)26-21)19(32)28(3)11-12-5-7-13(23)8-6-12/h5-8,14,24,29H,9-11H2,1-4H3,(H,25,26,31)/t14-,22-/m1/s1. The van der Waals surface area contributed by atoms with Gasteiger partial charge in [0.15, 0.2) is 5.69 Å². The van der Waals surface area contributed by atoms with Crippen LogP contribution in [0.1, 0.15) is 28.3 Å². The Morgan fingerprint density at radius 2 is 1.88 bits per heavy atom. The summed E-state index contributed by atoms with van der Waals surface area (Å²) < 4.78 is 18.5. The van der Waals surface area contributed by atoms with E-state index in [-0.39, 0.29) is 25.3 Å². The monoisotopic (exact) mass is 475 g/mol. The van der Waals surface area contributed by atoms with Crippen LogP contribution < -0.4 is 10.9 Å². The first-order valence-corrected chi connectivity index (χ1v) is 10.4. The molecule has 3 N–H and O–H groups in total. The number of hydrogen-bond acceptors (Lipinski definition) is 8. The molecule has 1 aliphatic rings. The molecule has 1 saturated heterocycles. The summed E-state index contributed by atoms with van der Waals surface area (Å²) in [7, 11) is 5.66. The van der Waals surface area contributed by atoms with Crippen molar-refractivity contribution in [1.82, 2.24) is 25.1 Å². The summed E-state index contributed by atoms with van der Waals surface area (Å²) in [6.45, 7) is 0.219. The number of ether oxygens (including phenoxy) is 1. The number of ketones is 1. The van der Waals surface area contributed by atoms with Crippen molar-refractivity contribution in [1.29, 1.82) is 0 Å². The Kier molecular flexibility index (Phi) is 7.12. The molecule has 0 aliphatic carbocycles. The largest absolute Gasteiger partial charge is 0.501 e. The zero-order valence-electron chi connectivity index (χ0n) is 19.2. The highest BCUT2D eigenvalue weighted by Gasteiger charge is 2.52. The minimum atomic E-state index is -1.76. The van der Waals surface area contributed by atoms with Crippen molar-refractivity contribution in [3.63, 3.8) is 0 Å². The van der Waals surface area contributed by atoms with Crippen LogP contribution in [0.3, 0.4) is 0 Å². The summed E-state index contributed by atoms with van der Waals surface area (Å²) in [5, 5.41) is 13.2. The van der Waals surface area contributed by atoms with E-state index in [9.17, 15) is 28.7 Å². The molecule has 1 aliphatic heterocycles. The van der Waals surface area contributed by atoms with Gasteiger partial charge in [0.1, 0.15) is 17.2 Å². The molecule has 3 rings (SSSR count). The van der Waals surface area contributed by atoms with Crippen LogP contribution >= 0.6 is 0 Å². The molecule has 0 unspecified atom stereocenters. The topological polar surface area (TPSA) is 145 Å². The second kappa shape index (κ2) is 9.69. The molecule has 0 spiro atoms. The van der Waals surface area contributed by atoms with Gasteiger partial charge in [-0.15, -0.1) is 0 Å². The van der Waals surface area contributed by atoms with Gasteiger partial charge in [-0.25, -0.2) is 9.37 Å². The van der Waals surface area contributed by atoms with Gasteiger partial charge < -0.3 is 24.6 Å². The fraction of sp³-hybridized carbons (Fsp3) is 0.409. The second-order valence-electron chi connectivity index (χ2n) is 8.28. The lowest BCUT2D eigenvalue weighted by Gasteiger charge is -2.28. The number of likely N-dealkylation sites (N-methyl/N-ethyl adjacent to an activating group) is 1. The van der Waals surface area contributed by atoms with Crippen molar-refractivity contribution in [2.45, 2.75) is 24.6 Å². The Hall–Kier alpha value is -3.64. The third kappa shape index (κ3) is 4.68. The Balaban J connectivity index is 2.03. The number of aromatic amines is 1. The van der Waals surface area contributed by atoms with Gasteiger partial charge in [0, 0.05) is 47.8 Å². The maximum atomic E-state index is 13.2. The highest BCUT2D eigenvalue weighted by atomic mass is 19.1. The summed E-state index contributed by atoms with van der Waals surface area (Å²) in [5.41, 5.74) is -2.80. The van der Waals surface area contributed by atoms with Crippen molar-refractivity contribution < 1.29 is 28.6 Å². The lowest BCUT2D eigenvalue weighted by molar-refractivity contribution is -0.146. The third-order valence-electron chi connectivity index (χ3n) is 5.67. The molecule has 34 heavy (non-hydrogen) atoms. The van der Waals surface area contributed by atoms with E-state index < -0.39 is 52.1 Å². The zero-order chi connectivity index (χ0) is 25.2. The molecular formula is C22H26FN5O6. The molecule has 1 fully saturated rings. The van der Waals surface area contributed by atoms with Crippen LogP contribution in [0.5, 0.6) is 5.75 Å². The predicted molar refractivity (Wildman–Crippen MR) is 118 cm³/mol. The van der Waals surface area contributed by atoms with Gasteiger partial charge in [0.05, 0.1) is 6.10 Å². The van der Waals surface area contributed by atoms with Crippen LogP contribution in [-0.4, -0.2) is 83.4 Å². The van der Waals surface area contributed by atoms with Crippen LogP contribution in [0.15, 0.2) is 29.1 Å². The number of carbonyl (C=O) groups excluding carboxylic acids is 3. The average molecular weight is 475 g/mol. The van der Waals surface area contributed by atoms with Crippen molar-refractivity contribution >= 4 is 17.6 Å². The van der Waals surface area contributed by atoms with E-state index in [4.69, 9.17) is 4.74 Å². The number of H-pyrrole nitrogens is 1. The Morgan fingerprint density at radius 3 is 2.44 bits per heavy atom. The fourth-order valence-electron chi connectivity index (χ4n) is 3.72. The smallest absolute Gasteiger partial charge is 0.294 e. The van der Waals surface area contributed by atoms with Gasteiger partial charge in [-0.05, 0) is 17.7 Å². The van der Waals surface area contributed by atoms with E-state index in [1.54, 1.807) is 0 Å². The number of nitrogens with zero attached hydrogens (tertiary/aromatic N) is 3. The highest BCUT2D eigenvalue weighted by molar-refractivity contribution is 6.39. The molecule has 2 aromatic rings. The SMILES string of the molecule is CO[C@H]1CN[C@](C(=O)C(=O)N(C)C)(c2nc(C(=O)N(C)Cc3ccc(F)cc3)c(O)c(=O)[nH]2)C1. The van der Waals surface area contributed by atoms with E-state index in [0.717, 1.165) is 4.90 Å². The van der Waals surface area contributed by atoms with Crippen LogP contribution in [0.25, 0.3) is 0 Å². The third-order valence-corrected chi connectivity index (χ3v) is 5.67. The van der Waals surface area contributed by atoms with Crippen molar-refractivity contribution in [3.05, 3.63) is 57.5 Å². The molecule has 182 valence electrons. The first-order chi connectivity index (χ1) is 16.0. The second-order valence-corrected chi connectivity index (χ2v) is 8.28. The number of amides is 2. The van der Waals surface area contributed by atoms with E-state index in [0.29, 0.717) is 5.56 Å². The summed E-state index contributed by atoms with van der Waals surface area (Å²) in [6.07, 6.45) is -0.507. The first kappa shape index (κ1) is 25.0. The number of aromatic nitrogens is 2. The minimum Gasteiger partial charge on any atom is -0.501 e. The highest BCUT2D eigenvalue weighted by Crippen LogP contribution is 2.32. The zero-order valence-corrected chi connectivity index (χ0v) is 19.2. The molecule has 2 amide bonds. The van der Waals surface area contributed by atoms with Crippen LogP contribution in [-0.2, 0) is 26.4 Å². The number of Topliss-reactive ketones (excluding diaryl/α,β-unsaturated/α-hetero) is 1. The van der Waals surface area contributed by atoms with Crippen LogP contribution in [0.2, 0.25) is 0 Å². The summed E-state index contributed by atoms with van der Waals surface area (Å²) in [5.74, 6) is -4.20. The molecule has 2 heterocycles. The molecule has 12 heteroatoms. The number of benzene rings is 1. The van der Waals surface area contributed by atoms with E-state index in [2.05, 4.69) is 15.3 Å². The van der Waals surface area contributed by atoms with Crippen molar-refractivity contribution in [3.8, 4) is 5.75 Å². The number of nitrogens with one attached hydrogen (secondary N) is 2. The molecule has 1 aromatic heterocycles. The van der Waals surface area contributed by atoms with Gasteiger partial charge in [-0.3, -0.25) is 24.5 Å². The Morgan fingerprint density at radius 1 is 1.24 bits per heavy atom. The molecule has 11 nitrogen and oxygen atoms in total. The number of halogens is 1. The summed E-state index contributed by atoms with van der Waals surface area (Å²) in [4.78, 5) is 60.1. The molecular weight excluding hydrogens is 449 g/mol. The lowest BCUT2D eigenvalue weighted by atomic mass is 9.89. The number of carbonyl (C=O) groups is 3. The van der Waals surface area contributed by atoms with Crippen molar-refractivity contribution in [2.75, 3.05) is 34.8 Å². The summed E-state index contributed by atoms with van der Waals surface area (Å²) in [6, 6.07) is 5.46. The lowest BCUT2D eigenvalue weighted by Crippen LogP contribution is -2.53. The van der Waals surface area contributed by atoms with Gasteiger partial charge in [0.25, 0.3) is 17.4 Å². The molecule has 2 atom stereocenters. The molecule has 1 aromatic carbocycles. The van der Waals surface area contributed by atoms with E-state index in [1.165, 1.54) is 57.4 Å². The summed E-state index contributed by atoms with van der Waals surface area (Å²) >= 11 is 0. The normalized spacial score (nSPS) is 19.6. The van der Waals surface area contributed by atoms with Crippen LogP contribution in [0, 0.1) is 5.82 Å². The quantitative estimate of drug-likeness (QED) is 0.465. The Labute approximate surface area is 194 Å². The van der Waals surface area contributed by atoms with Gasteiger partial charge in [-0.2, -0.15) is 0 Å². The first-order valence-electron chi connectivity index (χ1n) is 10.4. The maximum absolute atomic E-state index is 13.2. The fourth-order valence-corrected chi connectivity index (χ4v) is 3.72. The van der Waals surface area contributed by atoms with E-state index in [1.807, 2.05) is 0 Å². The van der Waals surface area contributed by atoms with Crippen molar-refractivity contribution in [2.24, 2.45) is 0 Å². The number of aromatic hydroxyl groups is 1. The molecule has 0 saturated carbocycles. The molecule has 0 bridgehead atoms. The van der Waals surface area contributed by atoms with E-state index >= 15 is 0 Å². The number of hydrogen-bond donors (Lipinski definition) is 3. The van der Waals surface area contributed by atoms with Gasteiger partial charge in [-0.1, -0.05) is 12.1 Å². The average Bonchev–Trinajstić information content (AvgIpc) is 3.26. The minimum absolute atomic E-state index is 0.0331. The number of rotatable bonds is 7. The number of methoxy groups -OCH3 is 1. The predicted octanol–water partition coefficient (Wildman–Crippen LogP) is -0.252. The van der Waals surface area contributed by atoms with Gasteiger partial charge in [0.2, 0.25) is 11.5 Å². The maximum Gasteiger partial charge on any atom is 0.294 e. The Bertz CT molecular complexity index is 1170. The van der Waals surface area contributed by atoms with Gasteiger partial charge >= 0.3 is 0 Å².